The molecule has 4 atom stereocenters. The molecule has 0 saturated carbocycles. The molecule has 10 heteroatoms. The first-order chi connectivity index (χ1) is 16.4. The lowest BCUT2D eigenvalue weighted by Crippen LogP contribution is -2.53. The van der Waals surface area contributed by atoms with Crippen LogP contribution in [-0.2, 0) is 31.3 Å². The predicted octanol–water partition coefficient (Wildman–Crippen LogP) is 0.601. The summed E-state index contributed by atoms with van der Waals surface area (Å²) in [6, 6.07) is 11.8. The highest BCUT2D eigenvalue weighted by Crippen LogP contribution is 2.53. The van der Waals surface area contributed by atoms with Crippen LogP contribution in [0.1, 0.15) is 24.0 Å². The highest BCUT2D eigenvalue weighted by molar-refractivity contribution is 6.15. The Balaban J connectivity index is 1.39. The van der Waals surface area contributed by atoms with Crippen molar-refractivity contribution in [2.24, 2.45) is 17.6 Å². The summed E-state index contributed by atoms with van der Waals surface area (Å²) in [6.45, 7) is 0.165. The summed E-state index contributed by atoms with van der Waals surface area (Å²) in [5.41, 5.74) is 5.91. The van der Waals surface area contributed by atoms with Gasteiger partial charge in [-0.05, 0) is 30.2 Å². The lowest BCUT2D eigenvalue weighted by atomic mass is 9.76. The van der Waals surface area contributed by atoms with Crippen LogP contribution in [-0.4, -0.2) is 41.4 Å². The number of amides is 4. The first kappa shape index (κ1) is 20.7. The van der Waals surface area contributed by atoms with Crippen molar-refractivity contribution in [2.75, 3.05) is 12.1 Å². The van der Waals surface area contributed by atoms with E-state index in [1.54, 1.807) is 42.5 Å². The van der Waals surface area contributed by atoms with Gasteiger partial charge in [-0.15, -0.1) is 0 Å². The Kier molecular flexibility index (Phi) is 4.43. The maximum absolute atomic E-state index is 13.8. The molecule has 34 heavy (non-hydrogen) atoms. The van der Waals surface area contributed by atoms with E-state index in [1.807, 2.05) is 0 Å². The zero-order chi connectivity index (χ0) is 23.6. The van der Waals surface area contributed by atoms with Crippen molar-refractivity contribution in [1.82, 2.24) is 10.2 Å². The lowest BCUT2D eigenvalue weighted by Gasteiger charge is -2.29. The first-order valence-electron chi connectivity index (χ1n) is 11.1. The second-order valence-corrected chi connectivity index (χ2v) is 9.02. The number of nitrogens with one attached hydrogen (secondary N) is 2. The monoisotopic (exact) mass is 462 g/mol. The van der Waals surface area contributed by atoms with Gasteiger partial charge in [0.15, 0.2) is 11.5 Å². The summed E-state index contributed by atoms with van der Waals surface area (Å²) in [7, 11) is 0. The van der Waals surface area contributed by atoms with Gasteiger partial charge < -0.3 is 20.5 Å². The number of hydrogen-bond donors (Lipinski definition) is 3. The number of fused-ring (bicyclic) bond motifs is 5. The van der Waals surface area contributed by atoms with E-state index in [-0.39, 0.29) is 38.0 Å². The minimum absolute atomic E-state index is 0.0316. The van der Waals surface area contributed by atoms with Crippen molar-refractivity contribution in [3.8, 4) is 11.5 Å². The van der Waals surface area contributed by atoms with E-state index < -0.39 is 35.2 Å². The van der Waals surface area contributed by atoms with Gasteiger partial charge in [-0.3, -0.25) is 29.4 Å². The third-order valence-corrected chi connectivity index (χ3v) is 7.19. The van der Waals surface area contributed by atoms with E-state index >= 15 is 0 Å². The average molecular weight is 462 g/mol. The topological polar surface area (TPSA) is 140 Å². The molecule has 4 aliphatic heterocycles. The van der Waals surface area contributed by atoms with Gasteiger partial charge in [-0.1, -0.05) is 24.3 Å². The lowest BCUT2D eigenvalue weighted by molar-refractivity contribution is -0.143. The minimum atomic E-state index is -1.39. The van der Waals surface area contributed by atoms with E-state index in [2.05, 4.69) is 10.6 Å². The second-order valence-electron chi connectivity index (χ2n) is 9.02. The van der Waals surface area contributed by atoms with Crippen molar-refractivity contribution in [3.63, 3.8) is 0 Å². The number of carbonyl (C=O) groups is 4. The molecule has 6 rings (SSSR count). The molecule has 174 valence electrons. The minimum Gasteiger partial charge on any atom is -0.454 e. The zero-order valence-electron chi connectivity index (χ0n) is 18.1. The molecule has 0 aromatic heterocycles. The Hall–Kier alpha value is -3.92. The normalized spacial score (nSPS) is 28.4. The maximum Gasteiger partial charge on any atom is 0.250 e. The number of rotatable bonds is 5. The Morgan fingerprint density at radius 2 is 1.88 bits per heavy atom. The van der Waals surface area contributed by atoms with Crippen LogP contribution in [0.3, 0.4) is 0 Å². The SMILES string of the molecule is NC(=O)CC[C@H]1N[C@@]2(C(=O)Nc3ccccc32)[C@@H]2C(=O)N(Cc3ccc4c(c3)OCO4)C(=O)[C@@H]21. The quantitative estimate of drug-likeness (QED) is 0.553. The molecule has 0 aliphatic carbocycles. The number of imide groups is 1. The molecule has 0 unspecified atom stereocenters. The molecule has 4 aliphatic rings. The van der Waals surface area contributed by atoms with Gasteiger partial charge in [0, 0.05) is 23.7 Å². The van der Waals surface area contributed by atoms with Crippen LogP contribution in [0.15, 0.2) is 42.5 Å². The van der Waals surface area contributed by atoms with Crippen molar-refractivity contribution < 1.29 is 28.7 Å². The summed E-state index contributed by atoms with van der Waals surface area (Å²) in [5, 5.41) is 6.14. The number of para-hydroxylation sites is 1. The van der Waals surface area contributed by atoms with Gasteiger partial charge in [0.05, 0.1) is 18.4 Å². The molecule has 2 fully saturated rings. The fourth-order valence-corrected chi connectivity index (χ4v) is 5.74. The number of likely N-dealkylation sites (tertiary alicyclic amines) is 1. The smallest absolute Gasteiger partial charge is 0.250 e. The van der Waals surface area contributed by atoms with Crippen LogP contribution in [0, 0.1) is 11.8 Å². The van der Waals surface area contributed by atoms with Crippen molar-refractivity contribution in [1.29, 1.82) is 0 Å². The van der Waals surface area contributed by atoms with Crippen LogP contribution >= 0.6 is 0 Å². The summed E-state index contributed by atoms with van der Waals surface area (Å²) >= 11 is 0. The highest BCUT2D eigenvalue weighted by Gasteiger charge is 2.70. The van der Waals surface area contributed by atoms with E-state index in [0.29, 0.717) is 28.3 Å². The molecule has 2 aromatic carbocycles. The third kappa shape index (κ3) is 2.78. The largest absolute Gasteiger partial charge is 0.454 e. The summed E-state index contributed by atoms with van der Waals surface area (Å²) in [5.74, 6) is -2.25. The van der Waals surface area contributed by atoms with Gasteiger partial charge in [0.25, 0.3) is 0 Å². The first-order valence-corrected chi connectivity index (χ1v) is 11.1. The van der Waals surface area contributed by atoms with Crippen LogP contribution in [0.4, 0.5) is 5.69 Å². The van der Waals surface area contributed by atoms with Crippen molar-refractivity contribution in [2.45, 2.75) is 31.0 Å². The number of carbonyl (C=O) groups excluding carboxylic acids is 4. The number of anilines is 1. The second kappa shape index (κ2) is 7.29. The Morgan fingerprint density at radius 3 is 2.71 bits per heavy atom. The van der Waals surface area contributed by atoms with Crippen LogP contribution in [0.5, 0.6) is 11.5 Å². The van der Waals surface area contributed by atoms with Gasteiger partial charge in [-0.25, -0.2) is 0 Å². The number of primary amides is 1. The number of nitrogens with zero attached hydrogens (tertiary/aromatic N) is 1. The molecule has 2 saturated heterocycles. The molecule has 0 bridgehead atoms. The van der Waals surface area contributed by atoms with E-state index in [1.165, 1.54) is 4.90 Å². The molecule has 4 amide bonds. The van der Waals surface area contributed by atoms with Gasteiger partial charge in [-0.2, -0.15) is 0 Å². The predicted molar refractivity (Wildman–Crippen MR) is 117 cm³/mol. The molecule has 2 aromatic rings. The zero-order valence-corrected chi connectivity index (χ0v) is 18.1. The Labute approximate surface area is 194 Å². The Bertz CT molecular complexity index is 1260. The number of ether oxygens (including phenoxy) is 2. The van der Waals surface area contributed by atoms with Crippen LogP contribution in [0.25, 0.3) is 0 Å². The van der Waals surface area contributed by atoms with E-state index in [9.17, 15) is 19.2 Å². The summed E-state index contributed by atoms with van der Waals surface area (Å²) in [4.78, 5) is 53.4. The van der Waals surface area contributed by atoms with Gasteiger partial charge in [0.1, 0.15) is 5.54 Å². The highest BCUT2D eigenvalue weighted by atomic mass is 16.7. The van der Waals surface area contributed by atoms with Crippen LogP contribution < -0.4 is 25.8 Å². The molecule has 10 nitrogen and oxygen atoms in total. The number of nitrogens with two attached hydrogens (primary N) is 1. The molecular formula is C24H22N4O6. The van der Waals surface area contributed by atoms with Crippen LogP contribution in [0.2, 0.25) is 0 Å². The van der Waals surface area contributed by atoms with E-state index in [4.69, 9.17) is 15.2 Å². The molecule has 1 spiro atoms. The van der Waals surface area contributed by atoms with Crippen molar-refractivity contribution in [3.05, 3.63) is 53.6 Å². The number of benzene rings is 2. The van der Waals surface area contributed by atoms with E-state index in [0.717, 1.165) is 0 Å². The molecule has 4 N–H and O–H groups in total. The third-order valence-electron chi connectivity index (χ3n) is 7.19. The molecular weight excluding hydrogens is 440 g/mol. The fourth-order valence-electron chi connectivity index (χ4n) is 5.74. The molecule has 4 heterocycles. The number of hydrogen-bond acceptors (Lipinski definition) is 7. The van der Waals surface area contributed by atoms with Gasteiger partial charge in [0.2, 0.25) is 30.4 Å². The summed E-state index contributed by atoms with van der Waals surface area (Å²) in [6.07, 6.45) is 0.272. The Morgan fingerprint density at radius 1 is 1.09 bits per heavy atom. The summed E-state index contributed by atoms with van der Waals surface area (Å²) < 4.78 is 10.8. The molecule has 0 radical (unpaired) electrons. The van der Waals surface area contributed by atoms with Gasteiger partial charge >= 0.3 is 0 Å². The maximum atomic E-state index is 13.8. The average Bonchev–Trinajstić information content (AvgIpc) is 3.54. The standard InChI is InChI=1S/C24H22N4O6/c25-18(29)8-6-15-19-20(24(27-15)13-3-1-2-4-14(13)26-23(24)32)22(31)28(21(19)30)10-12-5-7-16-17(9-12)34-11-33-16/h1-5,7,9,15,19-20,27H,6,8,10-11H2,(H2,25,29)(H,26,32)/t15-,19-,20+,24-/m1/s1. The van der Waals surface area contributed by atoms with Crippen molar-refractivity contribution >= 4 is 29.3 Å². The fraction of sp³-hybridized carbons (Fsp3) is 0.333.